The molecule has 176 valence electrons. The lowest BCUT2D eigenvalue weighted by Gasteiger charge is -2.32. The normalized spacial score (nSPS) is 12.6. The lowest BCUT2D eigenvalue weighted by molar-refractivity contribution is -0.384. The molecule has 0 aromatic heterocycles. The first-order chi connectivity index (χ1) is 15.9. The van der Waals surface area contributed by atoms with Gasteiger partial charge in [-0.15, -0.1) is 0 Å². The monoisotopic (exact) mass is 455 g/mol. The van der Waals surface area contributed by atoms with Crippen molar-refractivity contribution in [3.8, 4) is 11.5 Å². The second kappa shape index (κ2) is 10.8. The lowest BCUT2D eigenvalue weighted by atomic mass is 9.98. The third-order valence-corrected chi connectivity index (χ3v) is 5.77. The highest BCUT2D eigenvalue weighted by molar-refractivity contribution is 5.97. The lowest BCUT2D eigenvalue weighted by Crippen LogP contribution is -2.45. The van der Waals surface area contributed by atoms with Gasteiger partial charge in [0.25, 0.3) is 11.6 Å². The summed E-state index contributed by atoms with van der Waals surface area (Å²) in [6.07, 6.45) is 2.26. The molecule has 0 bridgehead atoms. The number of hydrogen-bond donors (Lipinski definition) is 0. The number of rotatable bonds is 9. The molecule has 3 rings (SSSR count). The third kappa shape index (κ3) is 5.60. The molecule has 0 N–H and O–H groups in total. The van der Waals surface area contributed by atoms with Gasteiger partial charge in [-0.25, -0.2) is 0 Å². The summed E-state index contributed by atoms with van der Waals surface area (Å²) in [4.78, 5) is 40.0. The number of methoxy groups -OCH3 is 2. The number of non-ortho nitro benzene ring substituents is 1. The topological polar surface area (TPSA) is 102 Å². The van der Waals surface area contributed by atoms with E-state index in [1.54, 1.807) is 19.1 Å². The van der Waals surface area contributed by atoms with Crippen LogP contribution >= 0.6 is 0 Å². The van der Waals surface area contributed by atoms with E-state index < -0.39 is 4.92 Å². The molecule has 9 heteroatoms. The molecule has 0 aliphatic carbocycles. The highest BCUT2D eigenvalue weighted by Gasteiger charge is 2.26. The zero-order valence-corrected chi connectivity index (χ0v) is 19.2. The number of carbonyl (C=O) groups is 2. The Labute approximate surface area is 193 Å². The van der Waals surface area contributed by atoms with Crippen molar-refractivity contribution in [3.63, 3.8) is 0 Å². The number of amides is 2. The Bertz CT molecular complexity index is 1040. The maximum Gasteiger partial charge on any atom is 0.270 e. The van der Waals surface area contributed by atoms with Crippen LogP contribution < -0.4 is 9.47 Å². The molecule has 0 atom stereocenters. The summed E-state index contributed by atoms with van der Waals surface area (Å²) < 4.78 is 10.8. The minimum absolute atomic E-state index is 0.0792. The number of nitro benzene ring substituents is 1. The van der Waals surface area contributed by atoms with E-state index in [1.807, 2.05) is 19.1 Å². The van der Waals surface area contributed by atoms with Crippen molar-refractivity contribution in [2.75, 3.05) is 33.9 Å². The number of unbranched alkanes of at least 4 members (excludes halogenated alkanes) is 1. The van der Waals surface area contributed by atoms with Crippen LogP contribution in [0.25, 0.3) is 0 Å². The molecule has 1 aliphatic heterocycles. The Morgan fingerprint density at radius 2 is 1.82 bits per heavy atom. The standard InChI is InChI=1S/C24H29N3O6/c1-4-5-10-26(24(29)18-7-6-8-20(12-18)27(30)31)16-23(28)25-11-9-17-13-21(32-2)22(33-3)14-19(17)15-25/h6-8,12-14H,4-5,9-11,15-16H2,1-3H3. The van der Waals surface area contributed by atoms with Crippen LogP contribution in [0.1, 0.15) is 41.3 Å². The molecular weight excluding hydrogens is 426 g/mol. The number of nitrogens with zero attached hydrogens (tertiary/aromatic N) is 3. The van der Waals surface area contributed by atoms with E-state index in [9.17, 15) is 19.7 Å². The summed E-state index contributed by atoms with van der Waals surface area (Å²) in [5, 5.41) is 11.1. The van der Waals surface area contributed by atoms with E-state index >= 15 is 0 Å². The largest absolute Gasteiger partial charge is 0.493 e. The van der Waals surface area contributed by atoms with Gasteiger partial charge in [-0.3, -0.25) is 19.7 Å². The number of carbonyl (C=O) groups excluding carboxylic acids is 2. The van der Waals surface area contributed by atoms with Crippen molar-refractivity contribution in [1.82, 2.24) is 9.80 Å². The predicted molar refractivity (Wildman–Crippen MR) is 123 cm³/mol. The van der Waals surface area contributed by atoms with Crippen LogP contribution in [0, 0.1) is 10.1 Å². The molecule has 0 unspecified atom stereocenters. The van der Waals surface area contributed by atoms with Crippen LogP contribution in [0.5, 0.6) is 11.5 Å². The molecule has 1 aliphatic rings. The zero-order chi connectivity index (χ0) is 24.0. The van der Waals surface area contributed by atoms with Gasteiger partial charge in [-0.05, 0) is 42.2 Å². The number of fused-ring (bicyclic) bond motifs is 1. The Morgan fingerprint density at radius 3 is 2.45 bits per heavy atom. The fourth-order valence-electron chi connectivity index (χ4n) is 3.90. The molecule has 2 aromatic carbocycles. The molecule has 0 fully saturated rings. The van der Waals surface area contributed by atoms with Gasteiger partial charge in [0.2, 0.25) is 5.91 Å². The minimum atomic E-state index is -0.535. The Balaban J connectivity index is 1.76. The molecule has 1 heterocycles. The molecule has 0 saturated carbocycles. The fraction of sp³-hybridized carbons (Fsp3) is 0.417. The number of ether oxygens (including phenoxy) is 2. The Hall–Kier alpha value is -3.62. The van der Waals surface area contributed by atoms with E-state index in [4.69, 9.17) is 9.47 Å². The predicted octanol–water partition coefficient (Wildman–Crippen LogP) is 3.44. The van der Waals surface area contributed by atoms with E-state index in [-0.39, 0.29) is 29.6 Å². The average molecular weight is 456 g/mol. The summed E-state index contributed by atoms with van der Waals surface area (Å²) in [7, 11) is 3.16. The van der Waals surface area contributed by atoms with Gasteiger partial charge in [0, 0.05) is 37.3 Å². The van der Waals surface area contributed by atoms with Gasteiger partial charge >= 0.3 is 0 Å². The van der Waals surface area contributed by atoms with E-state index in [0.717, 1.165) is 24.0 Å². The van der Waals surface area contributed by atoms with E-state index in [0.29, 0.717) is 37.6 Å². The molecular formula is C24H29N3O6. The Morgan fingerprint density at radius 1 is 1.12 bits per heavy atom. The molecule has 0 saturated heterocycles. The van der Waals surface area contributed by atoms with Gasteiger partial charge in [0.05, 0.1) is 19.1 Å². The highest BCUT2D eigenvalue weighted by Crippen LogP contribution is 2.33. The second-order valence-electron chi connectivity index (χ2n) is 7.93. The fourth-order valence-corrected chi connectivity index (χ4v) is 3.90. The van der Waals surface area contributed by atoms with Crippen molar-refractivity contribution in [3.05, 3.63) is 63.2 Å². The highest BCUT2D eigenvalue weighted by atomic mass is 16.6. The number of benzene rings is 2. The maximum atomic E-state index is 13.1. The summed E-state index contributed by atoms with van der Waals surface area (Å²) >= 11 is 0. The first-order valence-corrected chi connectivity index (χ1v) is 10.9. The van der Waals surface area contributed by atoms with Gasteiger partial charge in [-0.2, -0.15) is 0 Å². The van der Waals surface area contributed by atoms with Crippen LogP contribution in [0.4, 0.5) is 5.69 Å². The van der Waals surface area contributed by atoms with E-state index in [2.05, 4.69) is 0 Å². The van der Waals surface area contributed by atoms with E-state index in [1.165, 1.54) is 29.2 Å². The van der Waals surface area contributed by atoms with Crippen LogP contribution in [0.3, 0.4) is 0 Å². The number of nitro groups is 1. The van der Waals surface area contributed by atoms with Crippen molar-refractivity contribution in [2.24, 2.45) is 0 Å². The molecule has 9 nitrogen and oxygen atoms in total. The second-order valence-corrected chi connectivity index (χ2v) is 7.93. The van der Waals surface area contributed by atoms with Crippen molar-refractivity contribution in [1.29, 1.82) is 0 Å². The van der Waals surface area contributed by atoms with Crippen LogP contribution in [-0.4, -0.2) is 60.4 Å². The first kappa shape index (κ1) is 24.0. The first-order valence-electron chi connectivity index (χ1n) is 10.9. The minimum Gasteiger partial charge on any atom is -0.493 e. The van der Waals surface area contributed by atoms with Gasteiger partial charge in [0.15, 0.2) is 11.5 Å². The van der Waals surface area contributed by atoms with Crippen LogP contribution in [0.2, 0.25) is 0 Å². The average Bonchev–Trinajstić information content (AvgIpc) is 2.84. The summed E-state index contributed by atoms with van der Waals surface area (Å²) in [5.74, 6) is 0.718. The quantitative estimate of drug-likeness (QED) is 0.424. The van der Waals surface area contributed by atoms with Gasteiger partial charge < -0.3 is 19.3 Å². The zero-order valence-electron chi connectivity index (χ0n) is 19.2. The molecule has 2 aromatic rings. The Kier molecular flexibility index (Phi) is 7.87. The van der Waals surface area contributed by atoms with Crippen molar-refractivity contribution >= 4 is 17.5 Å². The number of hydrogen-bond acceptors (Lipinski definition) is 6. The molecule has 0 spiro atoms. The van der Waals surface area contributed by atoms with Crippen molar-refractivity contribution < 1.29 is 24.0 Å². The summed E-state index contributed by atoms with van der Waals surface area (Å²) in [6.45, 7) is 3.28. The molecule has 2 amide bonds. The van der Waals surface area contributed by atoms with Crippen molar-refractivity contribution in [2.45, 2.75) is 32.7 Å². The van der Waals surface area contributed by atoms with Crippen LogP contribution in [-0.2, 0) is 17.8 Å². The van der Waals surface area contributed by atoms with Crippen LogP contribution in [0.15, 0.2) is 36.4 Å². The smallest absolute Gasteiger partial charge is 0.270 e. The summed E-state index contributed by atoms with van der Waals surface area (Å²) in [5.41, 5.74) is 2.14. The van der Waals surface area contributed by atoms with Gasteiger partial charge in [-0.1, -0.05) is 19.4 Å². The molecule has 33 heavy (non-hydrogen) atoms. The maximum absolute atomic E-state index is 13.1. The molecule has 0 radical (unpaired) electrons. The summed E-state index contributed by atoms with van der Waals surface area (Å²) in [6, 6.07) is 9.44. The third-order valence-electron chi connectivity index (χ3n) is 5.77. The SMILES string of the molecule is CCCCN(CC(=O)N1CCc2cc(OC)c(OC)cc2C1)C(=O)c1cccc([N+](=O)[O-])c1. The van der Waals surface area contributed by atoms with Gasteiger partial charge in [0.1, 0.15) is 6.54 Å².